The van der Waals surface area contributed by atoms with Gasteiger partial charge in [0.2, 0.25) is 5.91 Å². The van der Waals surface area contributed by atoms with Crippen molar-refractivity contribution in [2.75, 3.05) is 6.54 Å². The molecule has 0 spiro atoms. The number of rotatable bonds is 3. The standard InChI is InChI=1S/C16H18N2O4/c1-16(2,3)18-13(19)9-17-14(20)11-8-10-6-4-5-7-12(10)22-15(11)21/h4-8H,9H2,1-3H3,(H,17,20)(H,18,19). The Morgan fingerprint density at radius 3 is 2.55 bits per heavy atom. The normalized spacial score (nSPS) is 11.2. The Morgan fingerprint density at radius 2 is 1.86 bits per heavy atom. The van der Waals surface area contributed by atoms with Crippen LogP contribution in [0.3, 0.4) is 0 Å². The number of benzene rings is 1. The van der Waals surface area contributed by atoms with Gasteiger partial charge in [-0.1, -0.05) is 18.2 Å². The van der Waals surface area contributed by atoms with Crippen molar-refractivity contribution in [2.45, 2.75) is 26.3 Å². The summed E-state index contributed by atoms with van der Waals surface area (Å²) in [5.74, 6) is -0.963. The molecule has 2 amide bonds. The molecule has 0 saturated carbocycles. The molecule has 0 aliphatic heterocycles. The van der Waals surface area contributed by atoms with Crippen molar-refractivity contribution in [2.24, 2.45) is 0 Å². The molecule has 1 heterocycles. The Kier molecular flexibility index (Phi) is 4.30. The Labute approximate surface area is 127 Å². The molecule has 6 heteroatoms. The third-order valence-electron chi connectivity index (χ3n) is 2.81. The zero-order chi connectivity index (χ0) is 16.3. The molecular formula is C16H18N2O4. The summed E-state index contributed by atoms with van der Waals surface area (Å²) in [5.41, 5.74) is -0.826. The summed E-state index contributed by atoms with van der Waals surface area (Å²) in [6.45, 7) is 5.31. The van der Waals surface area contributed by atoms with Gasteiger partial charge in [0.25, 0.3) is 5.91 Å². The first-order chi connectivity index (χ1) is 10.3. The third-order valence-corrected chi connectivity index (χ3v) is 2.81. The van der Waals surface area contributed by atoms with Gasteiger partial charge in [0.15, 0.2) is 0 Å². The SMILES string of the molecule is CC(C)(C)NC(=O)CNC(=O)c1cc2ccccc2oc1=O. The molecule has 0 bridgehead atoms. The van der Waals surface area contributed by atoms with Gasteiger partial charge in [0.1, 0.15) is 11.1 Å². The van der Waals surface area contributed by atoms with Crippen LogP contribution in [0.4, 0.5) is 0 Å². The molecule has 2 aromatic rings. The number of nitrogens with one attached hydrogen (secondary N) is 2. The van der Waals surface area contributed by atoms with Crippen LogP contribution in [0.1, 0.15) is 31.1 Å². The molecule has 0 aliphatic carbocycles. The number of carbonyl (C=O) groups is 2. The van der Waals surface area contributed by atoms with E-state index in [-0.39, 0.29) is 23.6 Å². The van der Waals surface area contributed by atoms with Crippen molar-refractivity contribution in [3.63, 3.8) is 0 Å². The Morgan fingerprint density at radius 1 is 1.18 bits per heavy atom. The molecule has 2 rings (SSSR count). The predicted molar refractivity (Wildman–Crippen MR) is 82.7 cm³/mol. The summed E-state index contributed by atoms with van der Waals surface area (Å²) in [6, 6.07) is 8.36. The van der Waals surface area contributed by atoms with Gasteiger partial charge < -0.3 is 15.1 Å². The molecule has 1 aromatic carbocycles. The summed E-state index contributed by atoms with van der Waals surface area (Å²) < 4.78 is 5.08. The first-order valence-corrected chi connectivity index (χ1v) is 6.88. The zero-order valence-corrected chi connectivity index (χ0v) is 12.7. The van der Waals surface area contributed by atoms with Gasteiger partial charge in [0.05, 0.1) is 6.54 Å². The monoisotopic (exact) mass is 302 g/mol. The second-order valence-corrected chi connectivity index (χ2v) is 5.97. The fourth-order valence-electron chi connectivity index (χ4n) is 1.94. The highest BCUT2D eigenvalue weighted by molar-refractivity contribution is 5.98. The summed E-state index contributed by atoms with van der Waals surface area (Å²) in [7, 11) is 0. The lowest BCUT2D eigenvalue weighted by molar-refractivity contribution is -0.121. The van der Waals surface area contributed by atoms with Crippen LogP contribution in [-0.4, -0.2) is 23.9 Å². The molecule has 0 atom stereocenters. The summed E-state index contributed by atoms with van der Waals surface area (Å²) in [5, 5.41) is 5.78. The van der Waals surface area contributed by atoms with Crippen LogP contribution in [0.25, 0.3) is 11.0 Å². The highest BCUT2D eigenvalue weighted by atomic mass is 16.4. The van der Waals surface area contributed by atoms with E-state index < -0.39 is 11.5 Å². The smallest absolute Gasteiger partial charge is 0.349 e. The molecule has 6 nitrogen and oxygen atoms in total. The molecule has 0 unspecified atom stereocenters. The predicted octanol–water partition coefficient (Wildman–Crippen LogP) is 1.44. The highest BCUT2D eigenvalue weighted by Gasteiger charge is 2.17. The first-order valence-electron chi connectivity index (χ1n) is 6.88. The molecule has 0 fully saturated rings. The molecular weight excluding hydrogens is 284 g/mol. The fourth-order valence-corrected chi connectivity index (χ4v) is 1.94. The van der Waals surface area contributed by atoms with Crippen LogP contribution in [0.15, 0.2) is 39.5 Å². The molecule has 22 heavy (non-hydrogen) atoms. The van der Waals surface area contributed by atoms with E-state index in [0.717, 1.165) is 0 Å². The minimum absolute atomic E-state index is 0.123. The number of hydrogen-bond acceptors (Lipinski definition) is 4. The highest BCUT2D eigenvalue weighted by Crippen LogP contribution is 2.12. The van der Waals surface area contributed by atoms with Gasteiger partial charge in [-0.25, -0.2) is 4.79 Å². The van der Waals surface area contributed by atoms with Gasteiger partial charge in [-0.3, -0.25) is 9.59 Å². The number of para-hydroxylation sites is 1. The average Bonchev–Trinajstić information content (AvgIpc) is 2.42. The lowest BCUT2D eigenvalue weighted by Gasteiger charge is -2.20. The van der Waals surface area contributed by atoms with E-state index >= 15 is 0 Å². The van der Waals surface area contributed by atoms with Crippen molar-refractivity contribution in [3.05, 3.63) is 46.3 Å². The first kappa shape index (κ1) is 15.8. The van der Waals surface area contributed by atoms with Gasteiger partial charge in [-0.2, -0.15) is 0 Å². The molecule has 2 N–H and O–H groups in total. The van der Waals surface area contributed by atoms with Crippen LogP contribution in [0.2, 0.25) is 0 Å². The lowest BCUT2D eigenvalue weighted by Crippen LogP contribution is -2.46. The molecule has 1 aromatic heterocycles. The average molecular weight is 302 g/mol. The second-order valence-electron chi connectivity index (χ2n) is 5.97. The largest absolute Gasteiger partial charge is 0.422 e. The topological polar surface area (TPSA) is 88.4 Å². The third kappa shape index (κ3) is 3.94. The van der Waals surface area contributed by atoms with Crippen LogP contribution < -0.4 is 16.3 Å². The number of hydrogen-bond donors (Lipinski definition) is 2. The number of carbonyl (C=O) groups excluding carboxylic acids is 2. The van der Waals surface area contributed by atoms with Gasteiger partial charge in [-0.15, -0.1) is 0 Å². The molecule has 0 aliphatic rings. The quantitative estimate of drug-likeness (QED) is 0.840. The minimum Gasteiger partial charge on any atom is -0.422 e. The van der Waals surface area contributed by atoms with E-state index in [0.29, 0.717) is 11.0 Å². The molecule has 116 valence electrons. The maximum atomic E-state index is 12.0. The van der Waals surface area contributed by atoms with Crippen molar-refractivity contribution < 1.29 is 14.0 Å². The van der Waals surface area contributed by atoms with Crippen molar-refractivity contribution in [3.8, 4) is 0 Å². The van der Waals surface area contributed by atoms with E-state index in [2.05, 4.69) is 10.6 Å². The van der Waals surface area contributed by atoms with Crippen LogP contribution in [-0.2, 0) is 4.79 Å². The van der Waals surface area contributed by atoms with Crippen molar-refractivity contribution >= 4 is 22.8 Å². The maximum absolute atomic E-state index is 12.0. The van der Waals surface area contributed by atoms with E-state index in [1.165, 1.54) is 6.07 Å². The molecule has 0 saturated heterocycles. The van der Waals surface area contributed by atoms with Crippen LogP contribution in [0.5, 0.6) is 0 Å². The van der Waals surface area contributed by atoms with Gasteiger partial charge in [-0.05, 0) is 32.9 Å². The summed E-state index contributed by atoms with van der Waals surface area (Å²) in [6.07, 6.45) is 0. The van der Waals surface area contributed by atoms with E-state index in [4.69, 9.17) is 4.42 Å². The summed E-state index contributed by atoms with van der Waals surface area (Å²) in [4.78, 5) is 35.5. The second kappa shape index (κ2) is 6.01. The van der Waals surface area contributed by atoms with E-state index in [9.17, 15) is 14.4 Å². The van der Waals surface area contributed by atoms with Crippen molar-refractivity contribution in [1.82, 2.24) is 10.6 Å². The lowest BCUT2D eigenvalue weighted by atomic mass is 10.1. The number of amides is 2. The number of fused-ring (bicyclic) bond motifs is 1. The maximum Gasteiger partial charge on any atom is 0.349 e. The minimum atomic E-state index is -0.729. The van der Waals surface area contributed by atoms with E-state index in [1.807, 2.05) is 20.8 Å². The zero-order valence-electron chi connectivity index (χ0n) is 12.7. The summed E-state index contributed by atoms with van der Waals surface area (Å²) >= 11 is 0. The Hall–Kier alpha value is -2.63. The van der Waals surface area contributed by atoms with E-state index in [1.54, 1.807) is 24.3 Å². The Balaban J connectivity index is 2.12. The van der Waals surface area contributed by atoms with Gasteiger partial charge >= 0.3 is 5.63 Å². The Bertz CT molecular complexity index is 772. The van der Waals surface area contributed by atoms with Crippen LogP contribution in [0, 0.1) is 0 Å². The van der Waals surface area contributed by atoms with Crippen LogP contribution >= 0.6 is 0 Å². The van der Waals surface area contributed by atoms with Gasteiger partial charge in [0, 0.05) is 10.9 Å². The van der Waals surface area contributed by atoms with Crippen molar-refractivity contribution in [1.29, 1.82) is 0 Å². The fraction of sp³-hybridized carbons (Fsp3) is 0.312. The molecule has 0 radical (unpaired) electrons.